The SMILES string of the molecule is CSC(C=NCCSCc1ccc(CN(C)C)o1)[N+](=O)[O-]. The zero-order valence-electron chi connectivity index (χ0n) is 12.5. The molecule has 0 aliphatic rings. The van der Waals surface area contributed by atoms with Gasteiger partial charge in [0.1, 0.15) is 11.5 Å². The lowest BCUT2D eigenvalue weighted by Crippen LogP contribution is -2.16. The molecule has 1 unspecified atom stereocenters. The third-order valence-corrected chi connectivity index (χ3v) is 4.22. The van der Waals surface area contributed by atoms with E-state index in [2.05, 4.69) is 9.89 Å². The van der Waals surface area contributed by atoms with Gasteiger partial charge in [-0.25, -0.2) is 0 Å². The van der Waals surface area contributed by atoms with Gasteiger partial charge in [-0.15, -0.1) is 0 Å². The van der Waals surface area contributed by atoms with Gasteiger partial charge >= 0.3 is 0 Å². The van der Waals surface area contributed by atoms with E-state index in [9.17, 15) is 10.1 Å². The van der Waals surface area contributed by atoms with Crippen LogP contribution in [0.3, 0.4) is 0 Å². The molecule has 118 valence electrons. The maximum Gasteiger partial charge on any atom is 0.292 e. The number of aliphatic imine (C=N–C) groups is 1. The lowest BCUT2D eigenvalue weighted by Gasteiger charge is -2.05. The molecule has 6 nitrogen and oxygen atoms in total. The van der Waals surface area contributed by atoms with Crippen LogP contribution in [0.15, 0.2) is 21.5 Å². The van der Waals surface area contributed by atoms with E-state index in [0.29, 0.717) is 6.54 Å². The van der Waals surface area contributed by atoms with E-state index in [4.69, 9.17) is 4.42 Å². The zero-order chi connectivity index (χ0) is 15.7. The normalized spacial score (nSPS) is 13.1. The van der Waals surface area contributed by atoms with Crippen LogP contribution < -0.4 is 0 Å². The number of hydrogen-bond acceptors (Lipinski definition) is 7. The lowest BCUT2D eigenvalue weighted by atomic mass is 10.4. The zero-order valence-corrected chi connectivity index (χ0v) is 14.2. The molecule has 1 atom stereocenters. The summed E-state index contributed by atoms with van der Waals surface area (Å²) in [6.45, 7) is 1.38. The van der Waals surface area contributed by atoms with Crippen LogP contribution in [-0.4, -0.2) is 54.1 Å². The van der Waals surface area contributed by atoms with Crippen LogP contribution in [-0.2, 0) is 12.3 Å². The van der Waals surface area contributed by atoms with Crippen LogP contribution in [0.2, 0.25) is 0 Å². The average molecular weight is 331 g/mol. The van der Waals surface area contributed by atoms with Gasteiger partial charge in [0.15, 0.2) is 0 Å². The van der Waals surface area contributed by atoms with Crippen LogP contribution in [0.4, 0.5) is 0 Å². The summed E-state index contributed by atoms with van der Waals surface area (Å²) in [5, 5.41) is 9.84. The minimum Gasteiger partial charge on any atom is -0.464 e. The van der Waals surface area contributed by atoms with Crippen LogP contribution in [0.5, 0.6) is 0 Å². The molecule has 0 fully saturated rings. The Kier molecular flexibility index (Phi) is 8.48. The van der Waals surface area contributed by atoms with Crippen molar-refractivity contribution in [2.75, 3.05) is 32.6 Å². The predicted octanol–water partition coefficient (Wildman–Crippen LogP) is 2.61. The highest BCUT2D eigenvalue weighted by Gasteiger charge is 2.13. The first-order chi connectivity index (χ1) is 10.0. The first-order valence-electron chi connectivity index (χ1n) is 6.49. The smallest absolute Gasteiger partial charge is 0.292 e. The minimum atomic E-state index is -0.742. The fourth-order valence-electron chi connectivity index (χ4n) is 1.55. The monoisotopic (exact) mass is 331 g/mol. The summed E-state index contributed by atoms with van der Waals surface area (Å²) in [7, 11) is 4.00. The Bertz CT molecular complexity index is 463. The van der Waals surface area contributed by atoms with Crippen LogP contribution in [0.1, 0.15) is 11.5 Å². The van der Waals surface area contributed by atoms with Crippen LogP contribution in [0, 0.1) is 10.1 Å². The largest absolute Gasteiger partial charge is 0.464 e. The minimum absolute atomic E-state index is 0.337. The first-order valence-corrected chi connectivity index (χ1v) is 8.93. The molecular weight excluding hydrogens is 310 g/mol. The second-order valence-electron chi connectivity index (χ2n) is 4.63. The van der Waals surface area contributed by atoms with Gasteiger partial charge in [0.2, 0.25) is 0 Å². The molecule has 0 aliphatic carbocycles. The van der Waals surface area contributed by atoms with Crippen molar-refractivity contribution < 1.29 is 9.34 Å². The third-order valence-electron chi connectivity index (χ3n) is 2.48. The topological polar surface area (TPSA) is 71.9 Å². The Morgan fingerprint density at radius 3 is 2.81 bits per heavy atom. The molecule has 1 aromatic heterocycles. The van der Waals surface area contributed by atoms with Crippen molar-refractivity contribution in [2.24, 2.45) is 4.99 Å². The highest BCUT2D eigenvalue weighted by atomic mass is 32.2. The molecule has 0 aliphatic heterocycles. The molecule has 0 N–H and O–H groups in total. The standard InChI is InChI=1S/C13H21N3O3S2/c1-15(2)9-11-4-5-12(19-11)10-21-7-6-14-8-13(20-3)16(17)18/h4-5,8,13H,6-7,9-10H2,1-3H3. The number of rotatable bonds is 10. The second-order valence-corrected chi connectivity index (χ2v) is 6.68. The van der Waals surface area contributed by atoms with E-state index < -0.39 is 5.37 Å². The molecule has 0 amide bonds. The van der Waals surface area contributed by atoms with Gasteiger partial charge in [0.05, 0.1) is 18.5 Å². The predicted molar refractivity (Wildman–Crippen MR) is 89.9 cm³/mol. The van der Waals surface area contributed by atoms with Gasteiger partial charge < -0.3 is 9.32 Å². The summed E-state index contributed by atoms with van der Waals surface area (Å²) in [6.07, 6.45) is 3.11. The molecule has 0 bridgehead atoms. The Morgan fingerprint density at radius 2 is 2.19 bits per heavy atom. The maximum absolute atomic E-state index is 10.6. The number of hydrogen-bond donors (Lipinski definition) is 0. The summed E-state index contributed by atoms with van der Waals surface area (Å²) < 4.78 is 5.69. The Morgan fingerprint density at radius 1 is 1.48 bits per heavy atom. The lowest BCUT2D eigenvalue weighted by molar-refractivity contribution is -0.476. The van der Waals surface area contributed by atoms with Gasteiger partial charge in [-0.05, 0) is 32.5 Å². The summed E-state index contributed by atoms with van der Waals surface area (Å²) in [5.41, 5.74) is 0. The van der Waals surface area contributed by atoms with E-state index in [-0.39, 0.29) is 4.92 Å². The fourth-order valence-corrected chi connectivity index (χ4v) is 2.67. The van der Waals surface area contributed by atoms with E-state index in [1.807, 2.05) is 26.2 Å². The fraction of sp³-hybridized carbons (Fsp3) is 0.615. The van der Waals surface area contributed by atoms with Crippen molar-refractivity contribution >= 4 is 29.7 Å². The summed E-state index contributed by atoms with van der Waals surface area (Å²) in [5.74, 6) is 3.53. The van der Waals surface area contributed by atoms with Gasteiger partial charge in [-0.1, -0.05) is 11.8 Å². The van der Waals surface area contributed by atoms with Crippen LogP contribution in [0.25, 0.3) is 0 Å². The highest BCUT2D eigenvalue weighted by molar-refractivity contribution is 7.99. The van der Waals surface area contributed by atoms with Gasteiger partial charge in [-0.3, -0.25) is 15.1 Å². The maximum atomic E-state index is 10.6. The molecular formula is C13H21N3O3S2. The first kappa shape index (κ1) is 18.1. The second kappa shape index (κ2) is 9.86. The number of nitrogens with zero attached hydrogens (tertiary/aromatic N) is 3. The van der Waals surface area contributed by atoms with Crippen molar-refractivity contribution in [3.05, 3.63) is 33.8 Å². The molecule has 1 aromatic rings. The molecule has 0 aromatic carbocycles. The van der Waals surface area contributed by atoms with Crippen molar-refractivity contribution in [3.63, 3.8) is 0 Å². The quantitative estimate of drug-likeness (QED) is 0.216. The summed E-state index contributed by atoms with van der Waals surface area (Å²) >= 11 is 2.88. The average Bonchev–Trinajstić information content (AvgIpc) is 2.84. The van der Waals surface area contributed by atoms with E-state index >= 15 is 0 Å². The number of furan rings is 1. The van der Waals surface area contributed by atoms with Crippen molar-refractivity contribution in [1.82, 2.24) is 4.90 Å². The van der Waals surface area contributed by atoms with Gasteiger partial charge in [0, 0.05) is 17.2 Å². The van der Waals surface area contributed by atoms with Gasteiger partial charge in [-0.2, -0.15) is 11.8 Å². The van der Waals surface area contributed by atoms with Crippen molar-refractivity contribution in [3.8, 4) is 0 Å². The summed E-state index contributed by atoms with van der Waals surface area (Å²) in [4.78, 5) is 16.4. The van der Waals surface area contributed by atoms with E-state index in [1.54, 1.807) is 18.0 Å². The molecule has 0 spiro atoms. The van der Waals surface area contributed by atoms with Gasteiger partial charge in [0.25, 0.3) is 5.37 Å². The molecule has 21 heavy (non-hydrogen) atoms. The molecule has 0 saturated heterocycles. The highest BCUT2D eigenvalue weighted by Crippen LogP contribution is 2.16. The summed E-state index contributed by atoms with van der Waals surface area (Å²) in [6, 6.07) is 3.99. The Hall–Kier alpha value is -0.990. The Labute approximate surface area is 133 Å². The third kappa shape index (κ3) is 7.54. The van der Waals surface area contributed by atoms with Crippen molar-refractivity contribution in [2.45, 2.75) is 17.7 Å². The number of thioether (sulfide) groups is 2. The molecule has 1 heterocycles. The molecule has 1 rings (SSSR count). The molecule has 0 radical (unpaired) electrons. The molecule has 8 heteroatoms. The molecule has 0 saturated carbocycles. The van der Waals surface area contributed by atoms with E-state index in [0.717, 1.165) is 29.6 Å². The van der Waals surface area contributed by atoms with E-state index in [1.165, 1.54) is 18.0 Å². The van der Waals surface area contributed by atoms with Crippen molar-refractivity contribution in [1.29, 1.82) is 0 Å². The van der Waals surface area contributed by atoms with Crippen LogP contribution >= 0.6 is 23.5 Å². The Balaban J connectivity index is 2.21. The number of nitro groups is 1.